The molecule has 7 heteroatoms. The van der Waals surface area contributed by atoms with Crippen LogP contribution in [-0.2, 0) is 16.0 Å². The number of anilines is 1. The second-order valence-corrected chi connectivity index (χ2v) is 9.02. The van der Waals surface area contributed by atoms with Crippen LogP contribution >= 0.6 is 0 Å². The molecule has 1 N–H and O–H groups in total. The number of methoxy groups -OCH3 is 1. The highest BCUT2D eigenvalue weighted by Gasteiger charge is 2.47. The quantitative estimate of drug-likeness (QED) is 0.299. The number of carbonyl (C=O) groups excluding carboxylic acids is 2. The molecule has 0 radical (unpaired) electrons. The van der Waals surface area contributed by atoms with Crippen LogP contribution in [0.5, 0.6) is 17.2 Å². The number of Topliss-reactive ketones (excluding diaryl/α,β-unsaturated/α-hetero) is 1. The molecule has 1 atom stereocenters. The van der Waals surface area contributed by atoms with Gasteiger partial charge in [0.05, 0.1) is 31.4 Å². The lowest BCUT2D eigenvalue weighted by Gasteiger charge is -2.26. The summed E-state index contributed by atoms with van der Waals surface area (Å²) in [5.74, 6) is 0.400. The predicted molar refractivity (Wildman–Crippen MR) is 136 cm³/mol. The highest BCUT2D eigenvalue weighted by atomic mass is 16.5. The number of hydrogen-bond donors (Lipinski definition) is 1. The lowest BCUT2D eigenvalue weighted by molar-refractivity contribution is -0.132. The second-order valence-electron chi connectivity index (χ2n) is 9.02. The third-order valence-electron chi connectivity index (χ3n) is 6.33. The number of aliphatic hydroxyl groups is 1. The van der Waals surface area contributed by atoms with E-state index < -0.39 is 17.7 Å². The summed E-state index contributed by atoms with van der Waals surface area (Å²) in [6, 6.07) is 18.6. The summed E-state index contributed by atoms with van der Waals surface area (Å²) in [7, 11) is 1.56. The van der Waals surface area contributed by atoms with Crippen LogP contribution < -0.4 is 19.1 Å². The van der Waals surface area contributed by atoms with Crippen molar-refractivity contribution >= 4 is 23.1 Å². The molecule has 184 valence electrons. The van der Waals surface area contributed by atoms with Crippen LogP contribution in [0.25, 0.3) is 5.76 Å². The average molecular weight is 486 g/mol. The minimum Gasteiger partial charge on any atom is -0.507 e. The topological polar surface area (TPSA) is 85.3 Å². The van der Waals surface area contributed by atoms with Crippen molar-refractivity contribution in [2.24, 2.45) is 0 Å². The first-order chi connectivity index (χ1) is 17.4. The molecule has 0 saturated carbocycles. The van der Waals surface area contributed by atoms with Gasteiger partial charge in [-0.3, -0.25) is 14.5 Å². The highest BCUT2D eigenvalue weighted by Crippen LogP contribution is 2.43. The third kappa shape index (κ3) is 4.17. The maximum Gasteiger partial charge on any atom is 0.300 e. The molecule has 1 saturated heterocycles. The molecule has 1 fully saturated rings. The van der Waals surface area contributed by atoms with E-state index in [0.29, 0.717) is 34.9 Å². The summed E-state index contributed by atoms with van der Waals surface area (Å²) in [4.78, 5) is 28.1. The van der Waals surface area contributed by atoms with Crippen LogP contribution in [0.2, 0.25) is 0 Å². The second kappa shape index (κ2) is 9.41. The van der Waals surface area contributed by atoms with Crippen molar-refractivity contribution in [3.8, 4) is 17.2 Å². The van der Waals surface area contributed by atoms with E-state index in [1.165, 1.54) is 4.90 Å². The van der Waals surface area contributed by atoms with Gasteiger partial charge in [-0.2, -0.15) is 0 Å². The van der Waals surface area contributed by atoms with Gasteiger partial charge in [0.2, 0.25) is 0 Å². The molecule has 0 spiro atoms. The molecule has 0 aromatic heterocycles. The van der Waals surface area contributed by atoms with Gasteiger partial charge in [-0.05, 0) is 79.6 Å². The molecular weight excluding hydrogens is 458 g/mol. The number of nitrogens with zero attached hydrogens (tertiary/aromatic N) is 1. The molecular formula is C29H27NO6. The summed E-state index contributed by atoms with van der Waals surface area (Å²) in [6.45, 7) is 4.45. The molecule has 0 bridgehead atoms. The summed E-state index contributed by atoms with van der Waals surface area (Å²) >= 11 is 0. The number of amides is 1. The fraction of sp³-hybridized carbons (Fsp3) is 0.241. The molecule has 3 aromatic rings. The smallest absolute Gasteiger partial charge is 0.300 e. The van der Waals surface area contributed by atoms with Crippen molar-refractivity contribution in [3.63, 3.8) is 0 Å². The maximum absolute atomic E-state index is 13.4. The molecule has 1 amide bonds. The summed E-state index contributed by atoms with van der Waals surface area (Å²) in [5.41, 5.74) is 2.65. The SMILES string of the molecule is COc1ccc(N2C(=O)C(=O)/C(=C(\O)c3ccc4c(c3)CCO4)C2c2ccc(OC(C)C)cc2)cc1. The fourth-order valence-corrected chi connectivity index (χ4v) is 4.65. The van der Waals surface area contributed by atoms with Crippen molar-refractivity contribution in [2.45, 2.75) is 32.4 Å². The van der Waals surface area contributed by atoms with Gasteiger partial charge in [-0.15, -0.1) is 0 Å². The Morgan fingerprint density at radius 1 is 1.00 bits per heavy atom. The third-order valence-corrected chi connectivity index (χ3v) is 6.33. The van der Waals surface area contributed by atoms with Crippen LogP contribution in [0.4, 0.5) is 5.69 Å². The van der Waals surface area contributed by atoms with Gasteiger partial charge in [0.25, 0.3) is 11.7 Å². The highest BCUT2D eigenvalue weighted by molar-refractivity contribution is 6.51. The number of aliphatic hydroxyl groups excluding tert-OH is 1. The largest absolute Gasteiger partial charge is 0.507 e. The number of ketones is 1. The first-order valence-corrected chi connectivity index (χ1v) is 11.8. The van der Waals surface area contributed by atoms with E-state index in [-0.39, 0.29) is 17.4 Å². The zero-order valence-corrected chi connectivity index (χ0v) is 20.4. The lowest BCUT2D eigenvalue weighted by atomic mass is 9.94. The van der Waals surface area contributed by atoms with Gasteiger partial charge in [0.15, 0.2) is 0 Å². The van der Waals surface area contributed by atoms with Gasteiger partial charge < -0.3 is 19.3 Å². The van der Waals surface area contributed by atoms with E-state index in [4.69, 9.17) is 14.2 Å². The predicted octanol–water partition coefficient (Wildman–Crippen LogP) is 5.04. The molecule has 5 rings (SSSR count). The maximum atomic E-state index is 13.4. The Hall–Kier alpha value is -4.26. The summed E-state index contributed by atoms with van der Waals surface area (Å²) < 4.78 is 16.6. The Balaban J connectivity index is 1.64. The van der Waals surface area contributed by atoms with E-state index in [2.05, 4.69) is 0 Å². The molecule has 2 aliphatic rings. The lowest BCUT2D eigenvalue weighted by Crippen LogP contribution is -2.29. The summed E-state index contributed by atoms with van der Waals surface area (Å²) in [5, 5.41) is 11.4. The number of rotatable bonds is 6. The van der Waals surface area contributed by atoms with E-state index >= 15 is 0 Å². The Labute approximate surface area is 209 Å². The zero-order valence-electron chi connectivity index (χ0n) is 20.4. The van der Waals surface area contributed by atoms with E-state index in [9.17, 15) is 14.7 Å². The first kappa shape index (κ1) is 23.5. The van der Waals surface area contributed by atoms with Crippen LogP contribution in [-0.4, -0.2) is 36.6 Å². The zero-order chi connectivity index (χ0) is 25.4. The molecule has 7 nitrogen and oxygen atoms in total. The molecule has 2 heterocycles. The molecule has 2 aliphatic heterocycles. The Bertz CT molecular complexity index is 1340. The summed E-state index contributed by atoms with van der Waals surface area (Å²) in [6.07, 6.45) is 0.724. The minimum atomic E-state index is -0.823. The fourth-order valence-electron chi connectivity index (χ4n) is 4.65. The molecule has 36 heavy (non-hydrogen) atoms. The van der Waals surface area contributed by atoms with E-state index in [1.807, 2.05) is 32.0 Å². The first-order valence-electron chi connectivity index (χ1n) is 11.8. The van der Waals surface area contributed by atoms with Crippen LogP contribution in [0.15, 0.2) is 72.3 Å². The van der Waals surface area contributed by atoms with Crippen molar-refractivity contribution in [2.75, 3.05) is 18.6 Å². The van der Waals surface area contributed by atoms with Gasteiger partial charge >= 0.3 is 0 Å². The van der Waals surface area contributed by atoms with Crippen LogP contribution in [0, 0.1) is 0 Å². The average Bonchev–Trinajstić information content (AvgIpc) is 3.46. The number of hydrogen-bond acceptors (Lipinski definition) is 6. The van der Waals surface area contributed by atoms with Crippen LogP contribution in [0.1, 0.15) is 36.6 Å². The Kier molecular flexibility index (Phi) is 6.14. The minimum absolute atomic E-state index is 0.00423. The van der Waals surface area contributed by atoms with Crippen molar-refractivity contribution < 1.29 is 28.9 Å². The Morgan fingerprint density at radius 2 is 1.69 bits per heavy atom. The van der Waals surface area contributed by atoms with Gasteiger partial charge in [-0.1, -0.05) is 12.1 Å². The molecule has 1 unspecified atom stereocenters. The molecule has 3 aromatic carbocycles. The monoisotopic (exact) mass is 485 g/mol. The van der Waals surface area contributed by atoms with Crippen molar-refractivity contribution in [1.29, 1.82) is 0 Å². The molecule has 0 aliphatic carbocycles. The van der Waals surface area contributed by atoms with Crippen molar-refractivity contribution in [1.82, 2.24) is 0 Å². The number of benzene rings is 3. The van der Waals surface area contributed by atoms with Gasteiger partial charge in [0, 0.05) is 17.7 Å². The standard InChI is InChI=1S/C29H27NO6/c1-17(2)36-23-9-4-18(5-10-23)26-25(27(31)20-6-13-24-19(16-20)14-15-35-24)28(32)29(33)30(26)21-7-11-22(34-3)12-8-21/h4-13,16-17,26,31H,14-15H2,1-3H3/b27-25-. The van der Waals surface area contributed by atoms with Gasteiger partial charge in [0.1, 0.15) is 23.0 Å². The van der Waals surface area contributed by atoms with E-state index in [1.54, 1.807) is 55.6 Å². The number of ether oxygens (including phenoxy) is 3. The van der Waals surface area contributed by atoms with Gasteiger partial charge in [-0.25, -0.2) is 0 Å². The Morgan fingerprint density at radius 3 is 2.36 bits per heavy atom. The van der Waals surface area contributed by atoms with Crippen molar-refractivity contribution in [3.05, 3.63) is 89.0 Å². The normalized spacial score (nSPS) is 18.3. The van der Waals surface area contributed by atoms with Crippen LogP contribution in [0.3, 0.4) is 0 Å². The number of carbonyl (C=O) groups is 2. The van der Waals surface area contributed by atoms with E-state index in [0.717, 1.165) is 17.7 Å². The number of fused-ring (bicyclic) bond motifs is 1.